The third-order valence-electron chi connectivity index (χ3n) is 5.92. The summed E-state index contributed by atoms with van der Waals surface area (Å²) in [6.45, 7) is 1.81. The van der Waals surface area contributed by atoms with Gasteiger partial charge in [-0.3, -0.25) is 4.79 Å². The van der Waals surface area contributed by atoms with Crippen LogP contribution in [0.2, 0.25) is 0 Å². The Hall–Kier alpha value is -1.88. The van der Waals surface area contributed by atoms with E-state index in [2.05, 4.69) is 10.3 Å². The number of amides is 1. The van der Waals surface area contributed by atoms with Crippen LogP contribution in [0.1, 0.15) is 48.9 Å². The molecule has 1 N–H and O–H groups in total. The summed E-state index contributed by atoms with van der Waals surface area (Å²) in [6.07, 6.45) is 8.73. The van der Waals surface area contributed by atoms with Crippen molar-refractivity contribution >= 4 is 16.9 Å². The van der Waals surface area contributed by atoms with Crippen molar-refractivity contribution in [2.45, 2.75) is 44.6 Å². The molecule has 0 unspecified atom stereocenters. The van der Waals surface area contributed by atoms with Crippen molar-refractivity contribution < 1.29 is 9.53 Å². The second-order valence-corrected chi connectivity index (χ2v) is 7.42. The molecule has 5 heteroatoms. The molecule has 0 atom stereocenters. The van der Waals surface area contributed by atoms with Gasteiger partial charge in [0, 0.05) is 31.9 Å². The number of ether oxygens (including phenoxy) is 1. The van der Waals surface area contributed by atoms with Crippen LogP contribution in [0.5, 0.6) is 0 Å². The van der Waals surface area contributed by atoms with Crippen molar-refractivity contribution in [2.75, 3.05) is 13.2 Å². The number of fused-ring (bicyclic) bond motifs is 1. The normalized spacial score (nSPS) is 21.2. The number of carbonyl (C=O) groups excluding carboxylic acids is 1. The van der Waals surface area contributed by atoms with Gasteiger partial charge in [-0.2, -0.15) is 0 Å². The van der Waals surface area contributed by atoms with E-state index in [9.17, 15) is 4.79 Å². The highest BCUT2D eigenvalue weighted by Gasteiger charge is 2.36. The number of carbonyl (C=O) groups is 1. The molecule has 1 aliphatic heterocycles. The molecule has 0 radical (unpaired) electrons. The average Bonchev–Trinajstić information content (AvgIpc) is 2.98. The Morgan fingerprint density at radius 3 is 2.75 bits per heavy atom. The van der Waals surface area contributed by atoms with E-state index in [1.165, 1.54) is 25.7 Å². The molecule has 1 amide bonds. The first-order valence-corrected chi connectivity index (χ1v) is 8.95. The standard InChI is InChI=1S/C19H25N3O2/c1-22-13-20-16-12-14(2-3-17(16)22)18(23)21-15-4-6-19(7-5-15)8-10-24-11-9-19/h2-3,12-13,15H,4-11H2,1H3,(H,21,23). The van der Waals surface area contributed by atoms with Crippen molar-refractivity contribution in [1.82, 2.24) is 14.9 Å². The fourth-order valence-electron chi connectivity index (χ4n) is 4.22. The zero-order valence-electron chi connectivity index (χ0n) is 14.3. The molecule has 2 fully saturated rings. The number of aromatic nitrogens is 2. The smallest absolute Gasteiger partial charge is 0.251 e. The summed E-state index contributed by atoms with van der Waals surface area (Å²) in [5.41, 5.74) is 3.10. The van der Waals surface area contributed by atoms with E-state index in [4.69, 9.17) is 4.74 Å². The van der Waals surface area contributed by atoms with Gasteiger partial charge in [-0.25, -0.2) is 4.98 Å². The van der Waals surface area contributed by atoms with Gasteiger partial charge in [-0.1, -0.05) is 0 Å². The second kappa shape index (κ2) is 6.20. The van der Waals surface area contributed by atoms with Crippen molar-refractivity contribution in [3.8, 4) is 0 Å². The van der Waals surface area contributed by atoms with Crippen LogP contribution in [0.3, 0.4) is 0 Å². The zero-order valence-corrected chi connectivity index (χ0v) is 14.3. The highest BCUT2D eigenvalue weighted by Crippen LogP contribution is 2.44. The van der Waals surface area contributed by atoms with E-state index in [1.807, 2.05) is 29.8 Å². The number of benzene rings is 1. The van der Waals surface area contributed by atoms with Gasteiger partial charge < -0.3 is 14.6 Å². The van der Waals surface area contributed by atoms with E-state index >= 15 is 0 Å². The number of rotatable bonds is 2. The Kier molecular flexibility index (Phi) is 4.04. The first-order chi connectivity index (χ1) is 11.7. The Labute approximate surface area is 142 Å². The molecule has 0 bridgehead atoms. The Balaban J connectivity index is 1.39. The molecule has 1 saturated heterocycles. The third-order valence-corrected chi connectivity index (χ3v) is 5.92. The third kappa shape index (κ3) is 2.93. The lowest BCUT2D eigenvalue weighted by molar-refractivity contribution is -0.00901. The number of aryl methyl sites for hydroxylation is 1. The molecule has 4 rings (SSSR count). The molecule has 5 nitrogen and oxygen atoms in total. The molecule has 1 aromatic carbocycles. The zero-order chi connectivity index (χ0) is 16.6. The van der Waals surface area contributed by atoms with Crippen molar-refractivity contribution in [3.63, 3.8) is 0 Å². The molecular weight excluding hydrogens is 302 g/mol. The van der Waals surface area contributed by atoms with E-state index in [-0.39, 0.29) is 5.91 Å². The maximum absolute atomic E-state index is 12.6. The molecular formula is C19H25N3O2. The van der Waals surface area contributed by atoms with Gasteiger partial charge in [-0.05, 0) is 62.1 Å². The Morgan fingerprint density at radius 1 is 1.25 bits per heavy atom. The average molecular weight is 327 g/mol. The number of hydrogen-bond acceptors (Lipinski definition) is 3. The van der Waals surface area contributed by atoms with Crippen LogP contribution in [-0.2, 0) is 11.8 Å². The first kappa shape index (κ1) is 15.6. The topological polar surface area (TPSA) is 56.2 Å². The van der Waals surface area contributed by atoms with Gasteiger partial charge in [0.2, 0.25) is 0 Å². The van der Waals surface area contributed by atoms with Crippen LogP contribution in [0, 0.1) is 5.41 Å². The summed E-state index contributed by atoms with van der Waals surface area (Å²) in [5, 5.41) is 3.22. The molecule has 2 aliphatic rings. The molecule has 1 saturated carbocycles. The van der Waals surface area contributed by atoms with Gasteiger partial charge >= 0.3 is 0 Å². The van der Waals surface area contributed by atoms with Crippen LogP contribution in [0.4, 0.5) is 0 Å². The monoisotopic (exact) mass is 327 g/mol. The molecule has 128 valence electrons. The quantitative estimate of drug-likeness (QED) is 0.922. The van der Waals surface area contributed by atoms with Crippen LogP contribution >= 0.6 is 0 Å². The first-order valence-electron chi connectivity index (χ1n) is 8.95. The Morgan fingerprint density at radius 2 is 2.00 bits per heavy atom. The summed E-state index contributed by atoms with van der Waals surface area (Å²) < 4.78 is 7.47. The minimum Gasteiger partial charge on any atom is -0.381 e. The fraction of sp³-hybridized carbons (Fsp3) is 0.579. The lowest BCUT2D eigenvalue weighted by Gasteiger charge is -2.42. The van der Waals surface area contributed by atoms with Gasteiger partial charge in [0.25, 0.3) is 5.91 Å². The molecule has 2 heterocycles. The molecule has 1 spiro atoms. The van der Waals surface area contributed by atoms with Gasteiger partial charge in [-0.15, -0.1) is 0 Å². The minimum atomic E-state index is 0.0236. The van der Waals surface area contributed by atoms with Gasteiger partial charge in [0.05, 0.1) is 17.4 Å². The lowest BCUT2D eigenvalue weighted by atomic mass is 9.68. The highest BCUT2D eigenvalue weighted by molar-refractivity contribution is 5.97. The summed E-state index contributed by atoms with van der Waals surface area (Å²) >= 11 is 0. The molecule has 1 aromatic heterocycles. The van der Waals surface area contributed by atoms with E-state index in [1.54, 1.807) is 6.33 Å². The van der Waals surface area contributed by atoms with Gasteiger partial charge in [0.1, 0.15) is 0 Å². The SMILES string of the molecule is Cn1cnc2cc(C(=O)NC3CCC4(CCOCC4)CC3)ccc21. The number of imidazole rings is 1. The molecule has 2 aromatic rings. The summed E-state index contributed by atoms with van der Waals surface area (Å²) in [7, 11) is 1.96. The molecule has 24 heavy (non-hydrogen) atoms. The Bertz CT molecular complexity index is 736. The summed E-state index contributed by atoms with van der Waals surface area (Å²) in [4.78, 5) is 16.9. The van der Waals surface area contributed by atoms with Crippen LogP contribution < -0.4 is 5.32 Å². The van der Waals surface area contributed by atoms with Crippen molar-refractivity contribution in [3.05, 3.63) is 30.1 Å². The second-order valence-electron chi connectivity index (χ2n) is 7.42. The lowest BCUT2D eigenvalue weighted by Crippen LogP contribution is -2.42. The summed E-state index contributed by atoms with van der Waals surface area (Å²) in [5.74, 6) is 0.0236. The molecule has 1 aliphatic carbocycles. The maximum Gasteiger partial charge on any atom is 0.251 e. The number of nitrogens with zero attached hydrogens (tertiary/aromatic N) is 2. The summed E-state index contributed by atoms with van der Waals surface area (Å²) in [6, 6.07) is 6.04. The largest absolute Gasteiger partial charge is 0.381 e. The van der Waals surface area contributed by atoms with E-state index in [0.29, 0.717) is 17.0 Å². The van der Waals surface area contributed by atoms with E-state index < -0.39 is 0 Å². The highest BCUT2D eigenvalue weighted by atomic mass is 16.5. The van der Waals surface area contributed by atoms with Crippen LogP contribution in [-0.4, -0.2) is 34.7 Å². The van der Waals surface area contributed by atoms with E-state index in [0.717, 1.165) is 37.1 Å². The maximum atomic E-state index is 12.6. The predicted octanol–water partition coefficient (Wildman–Crippen LogP) is 3.04. The fourth-order valence-corrected chi connectivity index (χ4v) is 4.22. The number of nitrogens with one attached hydrogen (secondary N) is 1. The van der Waals surface area contributed by atoms with Gasteiger partial charge in [0.15, 0.2) is 0 Å². The minimum absolute atomic E-state index is 0.0236. The van der Waals surface area contributed by atoms with Crippen LogP contribution in [0.15, 0.2) is 24.5 Å². The van der Waals surface area contributed by atoms with Crippen LogP contribution in [0.25, 0.3) is 11.0 Å². The van der Waals surface area contributed by atoms with Crippen molar-refractivity contribution in [2.24, 2.45) is 12.5 Å². The number of hydrogen-bond donors (Lipinski definition) is 1. The van der Waals surface area contributed by atoms with Crippen molar-refractivity contribution in [1.29, 1.82) is 0 Å². The predicted molar refractivity (Wildman–Crippen MR) is 92.9 cm³/mol.